The average Bonchev–Trinajstić information content (AvgIpc) is 2.26. The van der Waals surface area contributed by atoms with Crippen molar-refractivity contribution in [2.45, 2.75) is 40.0 Å². The van der Waals surface area contributed by atoms with Crippen LogP contribution in [-0.2, 0) is 0 Å². The summed E-state index contributed by atoms with van der Waals surface area (Å²) in [6, 6.07) is 0. The summed E-state index contributed by atoms with van der Waals surface area (Å²) in [4.78, 5) is 0. The minimum atomic E-state index is 0.439. The molecule has 0 bridgehead atoms. The molecule has 0 amide bonds. The zero-order chi connectivity index (χ0) is 15.9. The summed E-state index contributed by atoms with van der Waals surface area (Å²) in [7, 11) is 11.6. The molecule has 0 rings (SSSR count). The smallest absolute Gasteiger partial charge is 0.0836 e. The second-order valence-corrected chi connectivity index (χ2v) is 8.80. The van der Waals surface area contributed by atoms with Crippen molar-refractivity contribution in [2.75, 3.05) is 68.0 Å². The lowest BCUT2D eigenvalue weighted by molar-refractivity contribution is -0.902. The van der Waals surface area contributed by atoms with E-state index in [1.54, 1.807) is 0 Å². The van der Waals surface area contributed by atoms with Gasteiger partial charge in [-0.2, -0.15) is 0 Å². The number of quaternary nitrogens is 2. The van der Waals surface area contributed by atoms with Crippen LogP contribution in [0, 0.1) is 5.41 Å². The van der Waals surface area contributed by atoms with Gasteiger partial charge in [0, 0.05) is 25.9 Å². The molecule has 0 spiro atoms. The molecule has 122 valence electrons. The predicted molar refractivity (Wildman–Crippen MR) is 90.9 cm³/mol. The van der Waals surface area contributed by atoms with E-state index in [-0.39, 0.29) is 0 Å². The molecule has 0 aromatic carbocycles. The molecule has 0 saturated heterocycles. The Morgan fingerprint density at radius 3 is 1.90 bits per heavy atom. The van der Waals surface area contributed by atoms with Gasteiger partial charge in [0.25, 0.3) is 0 Å². The molecule has 0 saturated carbocycles. The zero-order valence-corrected chi connectivity index (χ0v) is 15.6. The van der Waals surface area contributed by atoms with E-state index in [9.17, 15) is 0 Å². The first-order chi connectivity index (χ1) is 8.97. The third-order valence-electron chi connectivity index (χ3n) is 4.27. The van der Waals surface area contributed by atoms with Crippen molar-refractivity contribution in [2.24, 2.45) is 5.41 Å². The van der Waals surface area contributed by atoms with E-state index in [4.69, 9.17) is 0 Å². The van der Waals surface area contributed by atoms with Crippen LogP contribution in [0.1, 0.15) is 40.0 Å². The van der Waals surface area contributed by atoms with Crippen molar-refractivity contribution in [3.63, 3.8) is 0 Å². The topological polar surface area (TPSA) is 12.0 Å². The Bertz CT molecular complexity index is 251. The molecule has 3 nitrogen and oxygen atoms in total. The van der Waals surface area contributed by atoms with E-state index >= 15 is 0 Å². The molecule has 0 aliphatic carbocycles. The number of nitrogens with one attached hydrogen (secondary N) is 1. The summed E-state index contributed by atoms with van der Waals surface area (Å²) in [5.41, 5.74) is 0.439. The summed E-state index contributed by atoms with van der Waals surface area (Å²) in [6.45, 7) is 13.1. The summed E-state index contributed by atoms with van der Waals surface area (Å²) >= 11 is 0. The summed E-state index contributed by atoms with van der Waals surface area (Å²) in [6.07, 6.45) is 3.83. The third kappa shape index (κ3) is 11.7. The fraction of sp³-hybridized carbons (Fsp3) is 1.00. The maximum atomic E-state index is 3.62. The van der Waals surface area contributed by atoms with Gasteiger partial charge in [0.05, 0.1) is 54.9 Å². The molecule has 0 aliphatic rings. The molecule has 0 heterocycles. The molecule has 3 heteroatoms. The Morgan fingerprint density at radius 2 is 1.40 bits per heavy atom. The Balaban J connectivity index is 3.72. The highest BCUT2D eigenvalue weighted by molar-refractivity contribution is 4.68. The largest absolute Gasteiger partial charge is 0.331 e. The second kappa shape index (κ2) is 8.35. The highest BCUT2D eigenvalue weighted by Gasteiger charge is 2.17. The van der Waals surface area contributed by atoms with E-state index in [2.05, 4.69) is 61.3 Å². The second-order valence-electron chi connectivity index (χ2n) is 8.80. The highest BCUT2D eigenvalue weighted by atomic mass is 15.3. The van der Waals surface area contributed by atoms with Crippen LogP contribution in [0.5, 0.6) is 0 Å². The lowest BCUT2D eigenvalue weighted by Gasteiger charge is -2.32. The van der Waals surface area contributed by atoms with Gasteiger partial charge in [0.15, 0.2) is 0 Å². The van der Waals surface area contributed by atoms with Crippen LogP contribution in [0.3, 0.4) is 0 Å². The maximum Gasteiger partial charge on any atom is 0.0836 e. The lowest BCUT2D eigenvalue weighted by Crippen LogP contribution is -2.45. The van der Waals surface area contributed by atoms with Gasteiger partial charge in [-0.25, -0.2) is 0 Å². The number of rotatable bonds is 11. The van der Waals surface area contributed by atoms with Gasteiger partial charge >= 0.3 is 0 Å². The minimum Gasteiger partial charge on any atom is -0.331 e. The van der Waals surface area contributed by atoms with Crippen molar-refractivity contribution >= 4 is 0 Å². The molecule has 1 N–H and O–H groups in total. The summed E-state index contributed by atoms with van der Waals surface area (Å²) in [5, 5.41) is 3.62. The molecule has 0 radical (unpaired) electrons. The average molecular weight is 288 g/mol. The van der Waals surface area contributed by atoms with Crippen molar-refractivity contribution in [1.82, 2.24) is 5.32 Å². The van der Waals surface area contributed by atoms with Crippen LogP contribution < -0.4 is 5.32 Å². The maximum absolute atomic E-state index is 3.62. The molecule has 0 unspecified atom stereocenters. The Morgan fingerprint density at radius 1 is 0.850 bits per heavy atom. The van der Waals surface area contributed by atoms with Crippen LogP contribution in [0.4, 0.5) is 0 Å². The Kier molecular flexibility index (Phi) is 8.30. The first-order valence-corrected chi connectivity index (χ1v) is 8.31. The first kappa shape index (κ1) is 19.9. The van der Waals surface area contributed by atoms with Gasteiger partial charge in [0.1, 0.15) is 0 Å². The van der Waals surface area contributed by atoms with Crippen LogP contribution in [0.25, 0.3) is 0 Å². The van der Waals surface area contributed by atoms with Gasteiger partial charge < -0.3 is 14.3 Å². The number of hydrogen-bond donors (Lipinski definition) is 1. The molecule has 0 atom stereocenters. The van der Waals surface area contributed by atoms with E-state index in [0.717, 1.165) is 22.1 Å². The quantitative estimate of drug-likeness (QED) is 0.455. The van der Waals surface area contributed by atoms with Crippen LogP contribution in [-0.4, -0.2) is 76.9 Å². The molecule has 20 heavy (non-hydrogen) atoms. The van der Waals surface area contributed by atoms with Gasteiger partial charge in [0.2, 0.25) is 0 Å². The van der Waals surface area contributed by atoms with Gasteiger partial charge in [-0.3, -0.25) is 0 Å². The highest BCUT2D eigenvalue weighted by Crippen LogP contribution is 2.17. The van der Waals surface area contributed by atoms with E-state index in [1.807, 2.05) is 0 Å². The standard InChI is InChI=1S/C17H41N3/c1-9-17(2,3)16-18-12-10-14-20(7,8)15-11-13-19(4,5)6/h18H,9-16H2,1-8H3/q+2. The zero-order valence-electron chi connectivity index (χ0n) is 15.6. The SMILES string of the molecule is CCC(C)(C)CNCCC[N+](C)(C)CCC[N+](C)(C)C. The van der Waals surface area contributed by atoms with Gasteiger partial charge in [-0.1, -0.05) is 20.8 Å². The number of nitrogens with zero attached hydrogens (tertiary/aromatic N) is 2. The number of hydrogen-bond acceptors (Lipinski definition) is 1. The normalized spacial score (nSPS) is 13.8. The first-order valence-electron chi connectivity index (χ1n) is 8.31. The van der Waals surface area contributed by atoms with Crippen molar-refractivity contribution in [3.8, 4) is 0 Å². The van der Waals surface area contributed by atoms with E-state index < -0.39 is 0 Å². The van der Waals surface area contributed by atoms with Crippen LogP contribution in [0.2, 0.25) is 0 Å². The monoisotopic (exact) mass is 287 g/mol. The Hall–Kier alpha value is -0.120. The lowest BCUT2D eigenvalue weighted by atomic mass is 9.90. The predicted octanol–water partition coefficient (Wildman–Crippen LogP) is 2.58. The third-order valence-corrected chi connectivity index (χ3v) is 4.27. The summed E-state index contributed by atoms with van der Waals surface area (Å²) < 4.78 is 2.23. The van der Waals surface area contributed by atoms with Crippen LogP contribution >= 0.6 is 0 Å². The summed E-state index contributed by atoms with van der Waals surface area (Å²) in [5.74, 6) is 0. The molecular formula is C17H41N3+2. The molecule has 0 aliphatic heterocycles. The van der Waals surface area contributed by atoms with Gasteiger partial charge in [-0.05, 0) is 11.8 Å². The van der Waals surface area contributed by atoms with Gasteiger partial charge in [-0.15, -0.1) is 0 Å². The fourth-order valence-electron chi connectivity index (χ4n) is 2.27. The fourth-order valence-corrected chi connectivity index (χ4v) is 2.27. The van der Waals surface area contributed by atoms with Crippen molar-refractivity contribution in [3.05, 3.63) is 0 Å². The molecule has 0 fully saturated rings. The van der Waals surface area contributed by atoms with E-state index in [1.165, 1.54) is 38.9 Å². The minimum absolute atomic E-state index is 0.439. The van der Waals surface area contributed by atoms with Crippen molar-refractivity contribution in [1.29, 1.82) is 0 Å². The Labute approximate surface area is 128 Å². The van der Waals surface area contributed by atoms with E-state index in [0.29, 0.717) is 5.41 Å². The molecular weight excluding hydrogens is 246 g/mol. The van der Waals surface area contributed by atoms with Crippen molar-refractivity contribution < 1.29 is 8.97 Å². The van der Waals surface area contributed by atoms with Crippen LogP contribution in [0.15, 0.2) is 0 Å². The molecule has 0 aromatic rings. The molecule has 0 aromatic heterocycles.